The van der Waals surface area contributed by atoms with Crippen molar-refractivity contribution in [2.24, 2.45) is 5.92 Å². The predicted octanol–water partition coefficient (Wildman–Crippen LogP) is 4.34. The average molecular weight is 367 g/mol. The van der Waals surface area contributed by atoms with Crippen LogP contribution < -0.4 is 4.90 Å². The number of carbonyl (C=O) groups excluding carboxylic acids is 2. The molecule has 2 aromatic rings. The van der Waals surface area contributed by atoms with Gasteiger partial charge in [-0.15, -0.1) is 0 Å². The van der Waals surface area contributed by atoms with Crippen LogP contribution in [-0.2, 0) is 27.3 Å². The van der Waals surface area contributed by atoms with Crippen molar-refractivity contribution in [1.29, 1.82) is 0 Å². The molecule has 5 heteroatoms. The fourth-order valence-corrected chi connectivity index (χ4v) is 3.11. The van der Waals surface area contributed by atoms with Gasteiger partial charge in [0.1, 0.15) is 12.2 Å². The molecule has 0 radical (unpaired) electrons. The van der Waals surface area contributed by atoms with Gasteiger partial charge in [0.25, 0.3) is 0 Å². The number of fused-ring (bicyclic) bond motifs is 1. The molecule has 0 N–H and O–H groups in total. The highest BCUT2D eigenvalue weighted by Gasteiger charge is 2.35. The summed E-state index contributed by atoms with van der Waals surface area (Å²) in [6.45, 7) is 5.96. The maximum atomic E-state index is 12.7. The quantitative estimate of drug-likeness (QED) is 0.757. The Morgan fingerprint density at radius 1 is 1.04 bits per heavy atom. The number of hydrogen-bond acceptors (Lipinski definition) is 4. The van der Waals surface area contributed by atoms with Gasteiger partial charge in [0.15, 0.2) is 0 Å². The molecule has 1 atom stereocenters. The van der Waals surface area contributed by atoms with E-state index in [0.717, 1.165) is 16.8 Å². The average Bonchev–Trinajstić information content (AvgIpc) is 2.64. The first-order chi connectivity index (χ1) is 12.8. The highest BCUT2D eigenvalue weighted by molar-refractivity contribution is 5.91. The molecule has 0 bridgehead atoms. The molecular weight excluding hydrogens is 342 g/mol. The van der Waals surface area contributed by atoms with Crippen molar-refractivity contribution in [3.63, 3.8) is 0 Å². The van der Waals surface area contributed by atoms with E-state index in [1.54, 1.807) is 0 Å². The Bertz CT molecular complexity index is 811. The predicted molar refractivity (Wildman–Crippen MR) is 103 cm³/mol. The van der Waals surface area contributed by atoms with Crippen molar-refractivity contribution in [1.82, 2.24) is 0 Å². The maximum Gasteiger partial charge on any atom is 0.414 e. The molecule has 27 heavy (non-hydrogen) atoms. The Morgan fingerprint density at radius 3 is 2.41 bits per heavy atom. The summed E-state index contributed by atoms with van der Waals surface area (Å²) in [6, 6.07) is 17.1. The van der Waals surface area contributed by atoms with Crippen LogP contribution in [0.2, 0.25) is 0 Å². The van der Waals surface area contributed by atoms with E-state index in [4.69, 9.17) is 9.47 Å². The minimum atomic E-state index is -0.563. The maximum absolute atomic E-state index is 12.7. The van der Waals surface area contributed by atoms with Gasteiger partial charge in [-0.05, 0) is 44.4 Å². The van der Waals surface area contributed by atoms with Gasteiger partial charge in [-0.2, -0.15) is 0 Å². The Morgan fingerprint density at radius 2 is 1.70 bits per heavy atom. The van der Waals surface area contributed by atoms with Crippen LogP contribution in [0.4, 0.5) is 10.5 Å². The summed E-state index contributed by atoms with van der Waals surface area (Å²) in [6.07, 6.45) is 0.0904. The molecule has 2 aromatic carbocycles. The summed E-state index contributed by atoms with van der Waals surface area (Å²) in [7, 11) is 0. The largest absolute Gasteiger partial charge is 0.460 e. The first-order valence-electron chi connectivity index (χ1n) is 9.12. The van der Waals surface area contributed by atoms with Crippen molar-refractivity contribution in [2.45, 2.75) is 39.4 Å². The first kappa shape index (κ1) is 19.0. The van der Waals surface area contributed by atoms with Crippen molar-refractivity contribution < 1.29 is 19.1 Å². The summed E-state index contributed by atoms with van der Waals surface area (Å²) < 4.78 is 11.0. The highest BCUT2D eigenvalue weighted by atomic mass is 16.6. The molecule has 0 saturated heterocycles. The second-order valence-electron chi connectivity index (χ2n) is 7.71. The van der Waals surface area contributed by atoms with Gasteiger partial charge in [0, 0.05) is 6.54 Å². The molecule has 1 amide bonds. The number of nitrogens with zero attached hydrogens (tertiary/aromatic N) is 1. The van der Waals surface area contributed by atoms with Crippen molar-refractivity contribution >= 4 is 17.7 Å². The SMILES string of the molecule is CC(C)(C)OC(=O)[C@@H]1Cc2ccccc2N(C(=O)OCc2ccccc2)C1. The number of ether oxygens (including phenoxy) is 2. The molecule has 0 saturated carbocycles. The van der Waals surface area contributed by atoms with Gasteiger partial charge in [0.2, 0.25) is 0 Å². The number of hydrogen-bond donors (Lipinski definition) is 0. The molecule has 0 aliphatic carbocycles. The van der Waals surface area contributed by atoms with Crippen molar-refractivity contribution in [2.75, 3.05) is 11.4 Å². The van der Waals surface area contributed by atoms with Crippen LogP contribution >= 0.6 is 0 Å². The highest BCUT2D eigenvalue weighted by Crippen LogP contribution is 2.31. The molecule has 0 unspecified atom stereocenters. The van der Waals surface area contributed by atoms with Crippen LogP contribution in [0.5, 0.6) is 0 Å². The fraction of sp³-hybridized carbons (Fsp3) is 0.364. The van der Waals surface area contributed by atoms with Crippen LogP contribution in [0.1, 0.15) is 31.9 Å². The minimum absolute atomic E-state index is 0.190. The van der Waals surface area contributed by atoms with Crippen LogP contribution in [0.25, 0.3) is 0 Å². The number of amides is 1. The zero-order chi connectivity index (χ0) is 19.4. The van der Waals surface area contributed by atoms with Crippen LogP contribution in [0.3, 0.4) is 0 Å². The number of benzene rings is 2. The van der Waals surface area contributed by atoms with E-state index in [0.29, 0.717) is 6.42 Å². The van der Waals surface area contributed by atoms with E-state index in [1.807, 2.05) is 75.4 Å². The van der Waals surface area contributed by atoms with Gasteiger partial charge in [-0.3, -0.25) is 9.69 Å². The molecule has 5 nitrogen and oxygen atoms in total. The molecule has 0 aromatic heterocycles. The summed E-state index contributed by atoms with van der Waals surface area (Å²) >= 11 is 0. The lowest BCUT2D eigenvalue weighted by Gasteiger charge is -2.34. The van der Waals surface area contributed by atoms with E-state index in [9.17, 15) is 9.59 Å². The fourth-order valence-electron chi connectivity index (χ4n) is 3.11. The normalized spacial score (nSPS) is 16.4. The molecule has 0 fully saturated rings. The molecule has 1 aliphatic heterocycles. The molecular formula is C22H25NO4. The van der Waals surface area contributed by atoms with E-state index >= 15 is 0 Å². The lowest BCUT2D eigenvalue weighted by Crippen LogP contribution is -2.44. The number of rotatable bonds is 3. The molecule has 1 heterocycles. The smallest absolute Gasteiger partial charge is 0.414 e. The van der Waals surface area contributed by atoms with Crippen molar-refractivity contribution in [3.8, 4) is 0 Å². The number of para-hydroxylation sites is 1. The van der Waals surface area contributed by atoms with Crippen LogP contribution in [0, 0.1) is 5.92 Å². The topological polar surface area (TPSA) is 55.8 Å². The lowest BCUT2D eigenvalue weighted by atomic mass is 9.92. The third-order valence-electron chi connectivity index (χ3n) is 4.32. The zero-order valence-corrected chi connectivity index (χ0v) is 16.0. The summed E-state index contributed by atoms with van der Waals surface area (Å²) in [4.78, 5) is 26.8. The molecule has 3 rings (SSSR count). The summed E-state index contributed by atoms with van der Waals surface area (Å²) in [5, 5.41) is 0. The third kappa shape index (κ3) is 4.88. The summed E-state index contributed by atoms with van der Waals surface area (Å²) in [5.74, 6) is -0.707. The van der Waals surface area contributed by atoms with E-state index < -0.39 is 17.6 Å². The van der Waals surface area contributed by atoms with Crippen LogP contribution in [0.15, 0.2) is 54.6 Å². The minimum Gasteiger partial charge on any atom is -0.460 e. The number of esters is 1. The Balaban J connectivity index is 1.76. The molecule has 1 aliphatic rings. The Kier molecular flexibility index (Phi) is 5.49. The van der Waals surface area contributed by atoms with Crippen molar-refractivity contribution in [3.05, 3.63) is 65.7 Å². The number of carbonyl (C=O) groups is 2. The van der Waals surface area contributed by atoms with Gasteiger partial charge >= 0.3 is 12.1 Å². The lowest BCUT2D eigenvalue weighted by molar-refractivity contribution is -0.159. The third-order valence-corrected chi connectivity index (χ3v) is 4.32. The van der Waals surface area contributed by atoms with Gasteiger partial charge in [0.05, 0.1) is 11.6 Å². The van der Waals surface area contributed by atoms with Gasteiger partial charge < -0.3 is 9.47 Å². The van der Waals surface area contributed by atoms with E-state index in [1.165, 1.54) is 4.90 Å². The molecule has 0 spiro atoms. The molecule has 142 valence electrons. The van der Waals surface area contributed by atoms with Gasteiger partial charge in [-0.25, -0.2) is 4.79 Å². The summed E-state index contributed by atoms with van der Waals surface area (Å²) in [5.41, 5.74) is 2.08. The number of anilines is 1. The monoisotopic (exact) mass is 367 g/mol. The van der Waals surface area contributed by atoms with E-state index in [-0.39, 0.29) is 19.1 Å². The first-order valence-corrected chi connectivity index (χ1v) is 9.12. The van der Waals surface area contributed by atoms with E-state index in [2.05, 4.69) is 0 Å². The van der Waals surface area contributed by atoms with Gasteiger partial charge in [-0.1, -0.05) is 48.5 Å². The second-order valence-corrected chi connectivity index (χ2v) is 7.71. The Labute approximate surface area is 159 Å². The second kappa shape index (κ2) is 7.82. The standard InChI is InChI=1S/C22H25NO4/c1-22(2,3)27-20(24)18-13-17-11-7-8-12-19(17)23(14-18)21(25)26-15-16-9-5-4-6-10-16/h4-12,18H,13-15H2,1-3H3/t18-/m1/s1. The Hall–Kier alpha value is -2.82. The van der Waals surface area contributed by atoms with Crippen LogP contribution in [-0.4, -0.2) is 24.2 Å². The zero-order valence-electron chi connectivity index (χ0n) is 16.0.